The lowest BCUT2D eigenvalue weighted by Gasteiger charge is -2.15. The normalized spacial score (nSPS) is 10.7. The molecule has 0 unspecified atom stereocenters. The highest BCUT2D eigenvalue weighted by Crippen LogP contribution is 2.34. The van der Waals surface area contributed by atoms with Crippen LogP contribution < -0.4 is 10.1 Å². The molecule has 0 saturated heterocycles. The second-order valence-electron chi connectivity index (χ2n) is 4.68. The van der Waals surface area contributed by atoms with E-state index in [2.05, 4.69) is 50.0 Å². The van der Waals surface area contributed by atoms with Crippen molar-refractivity contribution in [3.05, 3.63) is 34.5 Å². The summed E-state index contributed by atoms with van der Waals surface area (Å²) in [4.78, 5) is 12.7. The van der Waals surface area contributed by atoms with E-state index in [1.165, 1.54) is 0 Å². The number of rotatable bonds is 4. The number of aryl methyl sites for hydroxylation is 1. The first-order valence-corrected chi connectivity index (χ1v) is 7.15. The number of aromatic nitrogens is 3. The number of hydrogen-bond donors (Lipinski definition) is 1. The smallest absolute Gasteiger partial charge is 0.187 e. The van der Waals surface area contributed by atoms with Crippen molar-refractivity contribution in [2.45, 2.75) is 26.7 Å². The van der Waals surface area contributed by atoms with E-state index in [4.69, 9.17) is 4.74 Å². The molecule has 20 heavy (non-hydrogen) atoms. The lowest BCUT2D eigenvalue weighted by molar-refractivity contribution is 0.468. The van der Waals surface area contributed by atoms with Gasteiger partial charge in [0.2, 0.25) is 0 Å². The summed E-state index contributed by atoms with van der Waals surface area (Å²) >= 11 is 3.37. The van der Waals surface area contributed by atoms with Crippen LogP contribution >= 0.6 is 15.9 Å². The van der Waals surface area contributed by atoms with Gasteiger partial charge in [0, 0.05) is 24.9 Å². The van der Waals surface area contributed by atoms with E-state index in [-0.39, 0.29) is 0 Å². The summed E-state index contributed by atoms with van der Waals surface area (Å²) in [7, 11) is 1.81. The number of anilines is 1. The van der Waals surface area contributed by atoms with Crippen molar-refractivity contribution in [1.82, 2.24) is 15.0 Å². The predicted octanol–water partition coefficient (Wildman–Crippen LogP) is 3.90. The molecule has 0 radical (unpaired) electrons. The molecule has 0 aliphatic carbocycles. The van der Waals surface area contributed by atoms with Gasteiger partial charge in [0.1, 0.15) is 16.2 Å². The molecule has 1 N–H and O–H groups in total. The summed E-state index contributed by atoms with van der Waals surface area (Å²) in [6.07, 6.45) is 3.49. The number of halogens is 1. The molecule has 0 spiro atoms. The number of hydrogen-bond acceptors (Lipinski definition) is 5. The monoisotopic (exact) mass is 336 g/mol. The van der Waals surface area contributed by atoms with Gasteiger partial charge in [-0.25, -0.2) is 15.0 Å². The molecule has 2 aromatic heterocycles. The Kier molecular flexibility index (Phi) is 4.54. The van der Waals surface area contributed by atoms with Gasteiger partial charge in [0.05, 0.1) is 6.20 Å². The maximum Gasteiger partial charge on any atom is 0.187 e. The van der Waals surface area contributed by atoms with Crippen molar-refractivity contribution >= 4 is 21.7 Å². The van der Waals surface area contributed by atoms with Gasteiger partial charge in [-0.2, -0.15) is 0 Å². The first kappa shape index (κ1) is 14.7. The molecular weight excluding hydrogens is 320 g/mol. The maximum atomic E-state index is 5.97. The van der Waals surface area contributed by atoms with Crippen LogP contribution in [-0.4, -0.2) is 22.0 Å². The third-order valence-electron chi connectivity index (χ3n) is 2.82. The topological polar surface area (TPSA) is 59.9 Å². The zero-order valence-electron chi connectivity index (χ0n) is 11.9. The van der Waals surface area contributed by atoms with Crippen LogP contribution in [-0.2, 0) is 0 Å². The Bertz CT molecular complexity index is 616. The van der Waals surface area contributed by atoms with E-state index in [0.29, 0.717) is 23.3 Å². The van der Waals surface area contributed by atoms with Crippen molar-refractivity contribution in [1.29, 1.82) is 0 Å². The summed E-state index contributed by atoms with van der Waals surface area (Å²) in [5.41, 5.74) is 1.04. The van der Waals surface area contributed by atoms with Gasteiger partial charge in [0.25, 0.3) is 0 Å². The molecule has 0 amide bonds. The Morgan fingerprint density at radius 3 is 2.60 bits per heavy atom. The van der Waals surface area contributed by atoms with Gasteiger partial charge < -0.3 is 10.1 Å². The highest BCUT2D eigenvalue weighted by Gasteiger charge is 2.13. The zero-order chi connectivity index (χ0) is 14.7. The van der Waals surface area contributed by atoms with Crippen LogP contribution in [0, 0.1) is 6.92 Å². The largest absolute Gasteiger partial charge is 0.451 e. The molecule has 2 aromatic rings. The van der Waals surface area contributed by atoms with Crippen molar-refractivity contribution in [3.63, 3.8) is 0 Å². The summed E-state index contributed by atoms with van der Waals surface area (Å²) in [6.45, 7) is 6.04. The minimum absolute atomic E-state index is 0.315. The standard InChI is InChI=1S/C14H17BrN4O/c1-8(2)10-6-18-13(15)5-11(10)20-12-7-17-9(3)19-14(12)16-4/h5-8H,1-4H3,(H,16,17,19). The number of nitrogens with one attached hydrogen (secondary N) is 1. The van der Waals surface area contributed by atoms with Crippen LogP contribution in [0.4, 0.5) is 5.82 Å². The van der Waals surface area contributed by atoms with Crippen molar-refractivity contribution in [3.8, 4) is 11.5 Å². The van der Waals surface area contributed by atoms with Crippen LogP contribution in [0.15, 0.2) is 23.1 Å². The molecule has 0 aliphatic rings. The van der Waals surface area contributed by atoms with Gasteiger partial charge in [-0.05, 0) is 28.8 Å². The van der Waals surface area contributed by atoms with Gasteiger partial charge in [-0.15, -0.1) is 0 Å². The SMILES string of the molecule is CNc1nc(C)ncc1Oc1cc(Br)ncc1C(C)C. The zero-order valence-corrected chi connectivity index (χ0v) is 13.5. The van der Waals surface area contributed by atoms with Crippen LogP contribution in [0.3, 0.4) is 0 Å². The van der Waals surface area contributed by atoms with Crippen molar-refractivity contribution < 1.29 is 4.74 Å². The highest BCUT2D eigenvalue weighted by atomic mass is 79.9. The predicted molar refractivity (Wildman–Crippen MR) is 82.4 cm³/mol. The fourth-order valence-electron chi connectivity index (χ4n) is 1.78. The summed E-state index contributed by atoms with van der Waals surface area (Å²) in [5.74, 6) is 3.03. The van der Waals surface area contributed by atoms with Crippen LogP contribution in [0.25, 0.3) is 0 Å². The Morgan fingerprint density at radius 1 is 1.20 bits per heavy atom. The van der Waals surface area contributed by atoms with Gasteiger partial charge in [-0.1, -0.05) is 13.8 Å². The Morgan fingerprint density at radius 2 is 1.95 bits per heavy atom. The summed E-state index contributed by atoms with van der Waals surface area (Å²) < 4.78 is 6.70. The van der Waals surface area contributed by atoms with Crippen molar-refractivity contribution in [2.24, 2.45) is 0 Å². The van der Waals surface area contributed by atoms with Gasteiger partial charge in [0.15, 0.2) is 11.6 Å². The van der Waals surface area contributed by atoms with Crippen LogP contribution in [0.5, 0.6) is 11.5 Å². The Labute approximate surface area is 127 Å². The molecule has 2 rings (SSSR count). The van der Waals surface area contributed by atoms with E-state index in [9.17, 15) is 0 Å². The maximum absolute atomic E-state index is 5.97. The van der Waals surface area contributed by atoms with E-state index < -0.39 is 0 Å². The first-order chi connectivity index (χ1) is 9.51. The van der Waals surface area contributed by atoms with Gasteiger partial charge in [-0.3, -0.25) is 0 Å². The summed E-state index contributed by atoms with van der Waals surface area (Å²) in [5, 5.41) is 3.02. The second-order valence-corrected chi connectivity index (χ2v) is 5.49. The molecule has 106 valence electrons. The third kappa shape index (κ3) is 3.25. The number of ether oxygens (including phenoxy) is 1. The molecule has 6 heteroatoms. The Balaban J connectivity index is 2.41. The van der Waals surface area contributed by atoms with E-state index in [1.54, 1.807) is 13.2 Å². The lowest BCUT2D eigenvalue weighted by atomic mass is 10.1. The minimum atomic E-state index is 0.315. The fourth-order valence-corrected chi connectivity index (χ4v) is 2.09. The van der Waals surface area contributed by atoms with Crippen LogP contribution in [0.1, 0.15) is 31.2 Å². The lowest BCUT2D eigenvalue weighted by Crippen LogP contribution is -2.02. The minimum Gasteiger partial charge on any atom is -0.451 e. The first-order valence-electron chi connectivity index (χ1n) is 6.36. The fraction of sp³-hybridized carbons (Fsp3) is 0.357. The molecule has 5 nitrogen and oxygen atoms in total. The van der Waals surface area contributed by atoms with E-state index >= 15 is 0 Å². The van der Waals surface area contributed by atoms with E-state index in [1.807, 2.05) is 19.2 Å². The molecular formula is C14H17BrN4O. The summed E-state index contributed by atoms with van der Waals surface area (Å²) in [6, 6.07) is 1.86. The molecule has 0 bridgehead atoms. The number of nitrogens with zero attached hydrogens (tertiary/aromatic N) is 3. The molecule has 2 heterocycles. The molecule has 0 fully saturated rings. The van der Waals surface area contributed by atoms with E-state index in [0.717, 1.165) is 15.9 Å². The quantitative estimate of drug-likeness (QED) is 0.858. The molecule has 0 saturated carbocycles. The molecule has 0 atom stereocenters. The van der Waals surface area contributed by atoms with Crippen LogP contribution in [0.2, 0.25) is 0 Å². The Hall–Kier alpha value is -1.69. The van der Waals surface area contributed by atoms with Gasteiger partial charge >= 0.3 is 0 Å². The highest BCUT2D eigenvalue weighted by molar-refractivity contribution is 9.10. The average molecular weight is 337 g/mol. The average Bonchev–Trinajstić information content (AvgIpc) is 2.40. The van der Waals surface area contributed by atoms with Crippen molar-refractivity contribution in [2.75, 3.05) is 12.4 Å². The molecule has 0 aliphatic heterocycles. The molecule has 0 aromatic carbocycles. The second kappa shape index (κ2) is 6.17. The third-order valence-corrected chi connectivity index (χ3v) is 3.25. The number of pyridine rings is 1.